The number of thioether (sulfide) groups is 1. The number of carbonyl (C=O) groups is 1. The van der Waals surface area contributed by atoms with Crippen LogP contribution in [0.4, 0.5) is 4.79 Å². The van der Waals surface area contributed by atoms with Gasteiger partial charge in [-0.25, -0.2) is 4.79 Å². The van der Waals surface area contributed by atoms with Crippen LogP contribution in [0.2, 0.25) is 0 Å². The normalized spacial score (nSPS) is 28.4. The van der Waals surface area contributed by atoms with E-state index in [1.54, 1.807) is 11.8 Å². The molecule has 0 saturated carbocycles. The van der Waals surface area contributed by atoms with Crippen molar-refractivity contribution in [1.29, 1.82) is 0 Å². The Labute approximate surface area is 69.3 Å². The van der Waals surface area contributed by atoms with Crippen LogP contribution in [0.25, 0.3) is 0 Å². The van der Waals surface area contributed by atoms with Gasteiger partial charge in [-0.3, -0.25) is 5.32 Å². The monoisotopic (exact) mass is 177 g/mol. The number of carboxylic acid groups (broad SMARTS) is 1. The summed E-state index contributed by atoms with van der Waals surface area (Å²) in [6.07, 6.45) is -1.58. The van der Waals surface area contributed by atoms with Crippen molar-refractivity contribution in [3.63, 3.8) is 0 Å². The predicted molar refractivity (Wildman–Crippen MR) is 42.6 cm³/mol. The molecule has 0 radical (unpaired) electrons. The number of ether oxygens (including phenoxy) is 1. The highest BCUT2D eigenvalue weighted by molar-refractivity contribution is 8.00. The van der Waals surface area contributed by atoms with E-state index in [1.807, 2.05) is 13.8 Å². The number of rotatable bonds is 1. The molecule has 5 heteroatoms. The zero-order valence-corrected chi connectivity index (χ0v) is 7.27. The van der Waals surface area contributed by atoms with Gasteiger partial charge in [0.05, 0.1) is 4.87 Å². The van der Waals surface area contributed by atoms with Gasteiger partial charge in [0.1, 0.15) is 0 Å². The lowest BCUT2D eigenvalue weighted by atomic mass is 10.4. The van der Waals surface area contributed by atoms with Gasteiger partial charge in [0, 0.05) is 5.75 Å². The van der Waals surface area contributed by atoms with Crippen LogP contribution in [-0.4, -0.2) is 28.1 Å². The lowest BCUT2D eigenvalue weighted by Crippen LogP contribution is -2.38. The van der Waals surface area contributed by atoms with Crippen LogP contribution in [0.1, 0.15) is 13.8 Å². The maximum Gasteiger partial charge on any atom is 0.507 e. The van der Waals surface area contributed by atoms with Crippen molar-refractivity contribution < 1.29 is 14.6 Å². The molecule has 0 aromatic rings. The van der Waals surface area contributed by atoms with E-state index in [9.17, 15) is 4.79 Å². The van der Waals surface area contributed by atoms with Gasteiger partial charge in [-0.15, -0.1) is 11.8 Å². The molecule has 0 amide bonds. The molecular formula is C6H11NO3S. The molecule has 1 atom stereocenters. The Bertz CT molecular complexity index is 171. The number of nitrogens with one attached hydrogen (secondary N) is 1. The molecule has 1 heterocycles. The summed E-state index contributed by atoms with van der Waals surface area (Å²) in [6.45, 7) is 3.98. The molecule has 0 bridgehead atoms. The van der Waals surface area contributed by atoms with E-state index in [2.05, 4.69) is 10.1 Å². The van der Waals surface area contributed by atoms with Gasteiger partial charge in [-0.2, -0.15) is 0 Å². The minimum atomic E-state index is -1.22. The molecular weight excluding hydrogens is 166 g/mol. The molecule has 0 aliphatic carbocycles. The molecule has 0 aromatic heterocycles. The van der Waals surface area contributed by atoms with E-state index < -0.39 is 6.16 Å². The quantitative estimate of drug-likeness (QED) is 0.587. The first-order valence-electron chi connectivity index (χ1n) is 3.31. The molecule has 0 aromatic carbocycles. The van der Waals surface area contributed by atoms with Crippen molar-refractivity contribution in [3.8, 4) is 0 Å². The second-order valence-corrected chi connectivity index (χ2v) is 4.48. The molecule has 1 fully saturated rings. The van der Waals surface area contributed by atoms with Crippen LogP contribution in [0.15, 0.2) is 0 Å². The highest BCUT2D eigenvalue weighted by Crippen LogP contribution is 2.29. The lowest BCUT2D eigenvalue weighted by molar-refractivity contribution is 0.0463. The third-order valence-corrected chi connectivity index (χ3v) is 2.66. The lowest BCUT2D eigenvalue weighted by Gasteiger charge is -2.17. The molecule has 1 aliphatic rings. The summed E-state index contributed by atoms with van der Waals surface area (Å²) in [6, 6.07) is 0. The van der Waals surface area contributed by atoms with Crippen molar-refractivity contribution >= 4 is 17.9 Å². The van der Waals surface area contributed by atoms with Crippen LogP contribution in [0, 0.1) is 0 Å². The molecule has 1 rings (SSSR count). The summed E-state index contributed by atoms with van der Waals surface area (Å²) in [5.41, 5.74) is 0. The Balaban J connectivity index is 2.36. The van der Waals surface area contributed by atoms with Crippen LogP contribution < -0.4 is 5.32 Å². The van der Waals surface area contributed by atoms with Crippen molar-refractivity contribution in [3.05, 3.63) is 0 Å². The highest BCUT2D eigenvalue weighted by Gasteiger charge is 2.32. The van der Waals surface area contributed by atoms with Gasteiger partial charge < -0.3 is 9.84 Å². The number of hydrogen-bond donors (Lipinski definition) is 2. The molecule has 2 N–H and O–H groups in total. The van der Waals surface area contributed by atoms with E-state index in [4.69, 9.17) is 5.11 Å². The summed E-state index contributed by atoms with van der Waals surface area (Å²) >= 11 is 1.65. The Kier molecular flexibility index (Phi) is 2.29. The minimum absolute atomic E-state index is 0.0693. The van der Waals surface area contributed by atoms with Gasteiger partial charge in [0.2, 0.25) is 0 Å². The SMILES string of the molecule is CC1(C)NC(OC(=O)O)CS1. The third-order valence-electron chi connectivity index (χ3n) is 1.35. The van der Waals surface area contributed by atoms with Crippen molar-refractivity contribution in [1.82, 2.24) is 5.32 Å². The molecule has 0 spiro atoms. The summed E-state index contributed by atoms with van der Waals surface area (Å²) in [5, 5.41) is 11.3. The van der Waals surface area contributed by atoms with E-state index in [1.165, 1.54) is 0 Å². The van der Waals surface area contributed by atoms with E-state index >= 15 is 0 Å². The second kappa shape index (κ2) is 2.91. The summed E-state index contributed by atoms with van der Waals surface area (Å²) < 4.78 is 4.53. The molecule has 1 unspecified atom stereocenters. The van der Waals surface area contributed by atoms with E-state index in [0.29, 0.717) is 5.75 Å². The van der Waals surface area contributed by atoms with Crippen LogP contribution in [0.5, 0.6) is 0 Å². The standard InChI is InChI=1S/C6H11NO3S/c1-6(2)7-4(3-11-6)10-5(8)9/h4,7H,3H2,1-2H3,(H,8,9). The molecule has 1 aliphatic heterocycles. The van der Waals surface area contributed by atoms with Gasteiger partial charge in [0.25, 0.3) is 0 Å². The minimum Gasteiger partial charge on any atom is -0.450 e. The zero-order valence-electron chi connectivity index (χ0n) is 6.46. The maximum atomic E-state index is 10.1. The fourth-order valence-corrected chi connectivity index (χ4v) is 1.87. The number of hydrogen-bond acceptors (Lipinski definition) is 4. The average molecular weight is 177 g/mol. The fourth-order valence-electron chi connectivity index (χ4n) is 0.940. The Morgan fingerprint density at radius 1 is 1.82 bits per heavy atom. The van der Waals surface area contributed by atoms with Crippen LogP contribution >= 0.6 is 11.8 Å². The first-order valence-corrected chi connectivity index (χ1v) is 4.29. The Morgan fingerprint density at radius 2 is 2.45 bits per heavy atom. The Morgan fingerprint density at radius 3 is 2.82 bits per heavy atom. The topological polar surface area (TPSA) is 58.6 Å². The first kappa shape index (κ1) is 8.67. The third kappa shape index (κ3) is 2.59. The Hall–Kier alpha value is -0.420. The summed E-state index contributed by atoms with van der Waals surface area (Å²) in [4.78, 5) is 10.0. The maximum absolute atomic E-state index is 10.1. The molecule has 11 heavy (non-hydrogen) atoms. The van der Waals surface area contributed by atoms with Crippen molar-refractivity contribution in [2.75, 3.05) is 5.75 Å². The zero-order chi connectivity index (χ0) is 8.48. The van der Waals surface area contributed by atoms with Gasteiger partial charge >= 0.3 is 6.16 Å². The summed E-state index contributed by atoms with van der Waals surface area (Å²) in [5.74, 6) is 0.680. The predicted octanol–water partition coefficient (Wildman–Crippen LogP) is 1.08. The highest BCUT2D eigenvalue weighted by atomic mass is 32.2. The van der Waals surface area contributed by atoms with Crippen LogP contribution in [0.3, 0.4) is 0 Å². The molecule has 1 saturated heterocycles. The van der Waals surface area contributed by atoms with Crippen molar-refractivity contribution in [2.45, 2.75) is 24.9 Å². The second-order valence-electron chi connectivity index (χ2n) is 2.84. The molecule has 4 nitrogen and oxygen atoms in total. The van der Waals surface area contributed by atoms with E-state index in [-0.39, 0.29) is 11.1 Å². The van der Waals surface area contributed by atoms with Gasteiger partial charge in [0.15, 0.2) is 6.23 Å². The smallest absolute Gasteiger partial charge is 0.450 e. The van der Waals surface area contributed by atoms with Gasteiger partial charge in [-0.05, 0) is 13.8 Å². The molecule has 64 valence electrons. The fraction of sp³-hybridized carbons (Fsp3) is 0.833. The van der Waals surface area contributed by atoms with E-state index in [0.717, 1.165) is 0 Å². The largest absolute Gasteiger partial charge is 0.507 e. The summed E-state index contributed by atoms with van der Waals surface area (Å²) in [7, 11) is 0. The van der Waals surface area contributed by atoms with Gasteiger partial charge in [-0.1, -0.05) is 0 Å². The van der Waals surface area contributed by atoms with Crippen molar-refractivity contribution in [2.24, 2.45) is 0 Å². The van der Waals surface area contributed by atoms with Crippen LogP contribution in [-0.2, 0) is 4.74 Å². The first-order chi connectivity index (χ1) is 4.99. The average Bonchev–Trinajstić information content (AvgIpc) is 2.08.